The zero-order valence-corrected chi connectivity index (χ0v) is 21.4. The van der Waals surface area contributed by atoms with Crippen LogP contribution in [-0.4, -0.2) is 86.7 Å². The number of phenols is 2. The van der Waals surface area contributed by atoms with Gasteiger partial charge in [-0.15, -0.1) is 0 Å². The number of rotatable bonds is 5. The number of phenolic OH excluding ortho intramolecular Hbond substituents is 2. The average Bonchev–Trinajstić information content (AvgIpc) is 2.90. The van der Waals surface area contributed by atoms with E-state index in [1.807, 2.05) is 0 Å². The van der Waals surface area contributed by atoms with E-state index in [-0.39, 0.29) is 40.8 Å². The van der Waals surface area contributed by atoms with Gasteiger partial charge in [0.25, 0.3) is 0 Å². The molecule has 0 aromatic heterocycles. The van der Waals surface area contributed by atoms with Gasteiger partial charge in [-0.25, -0.2) is 0 Å². The molecule has 0 radical (unpaired) electrons. The number of aromatic hydroxyl groups is 2. The lowest BCUT2D eigenvalue weighted by Crippen LogP contribution is -2.71. The molecule has 12 heteroatoms. The number of hydrogen-bond donors (Lipinski definition) is 7. The van der Waals surface area contributed by atoms with Gasteiger partial charge in [0.1, 0.15) is 35.0 Å². The van der Waals surface area contributed by atoms with Crippen LogP contribution in [0.2, 0.25) is 0 Å². The van der Waals surface area contributed by atoms with E-state index in [4.69, 9.17) is 19.6 Å². The van der Waals surface area contributed by atoms with E-state index in [0.717, 1.165) is 0 Å². The number of fused-ring (bicyclic) bond motifs is 3. The number of hydrogen-bond acceptors (Lipinski definition) is 11. The van der Waals surface area contributed by atoms with Crippen molar-refractivity contribution in [3.63, 3.8) is 0 Å². The molecule has 39 heavy (non-hydrogen) atoms. The van der Waals surface area contributed by atoms with Gasteiger partial charge in [-0.1, -0.05) is 12.1 Å². The van der Waals surface area contributed by atoms with Crippen LogP contribution in [-0.2, 0) is 15.9 Å². The third kappa shape index (κ3) is 4.11. The Hall–Kier alpha value is -3.39. The summed E-state index contributed by atoms with van der Waals surface area (Å²) >= 11 is 0. The highest BCUT2D eigenvalue weighted by molar-refractivity contribution is 6.31. The number of quaternary nitrogens is 1. The molecule has 2 aliphatic carbocycles. The van der Waals surface area contributed by atoms with Crippen molar-refractivity contribution >= 4 is 17.3 Å². The van der Waals surface area contributed by atoms with Crippen LogP contribution < -0.4 is 10.5 Å². The molecule has 6 unspecified atom stereocenters. The summed E-state index contributed by atoms with van der Waals surface area (Å²) in [7, 11) is 1.34. The lowest BCUT2D eigenvalue weighted by Gasteiger charge is -2.42. The standard InChI is InChI=1S/C27H30N2O10/c1-10-22(31)13(28)6-17(38-10)39-15-8-27(36,16(29)9-30)7-12-19(15)26(35)21-20(24(12)33)23(32)11-4-3-5-14(37-2)18(11)25(21)34/h3-5,10,13,15,17,22,29-31,33,35-36H,6-9,28H2,1-2H3/p+1. The molecule has 1 saturated heterocycles. The number of benzene rings is 2. The molecule has 0 bridgehead atoms. The van der Waals surface area contributed by atoms with Gasteiger partial charge < -0.3 is 50.9 Å². The first-order valence-corrected chi connectivity index (χ1v) is 12.5. The quantitative estimate of drug-likeness (QED) is 0.165. The molecule has 1 heterocycles. The Morgan fingerprint density at radius 3 is 2.51 bits per heavy atom. The lowest BCUT2D eigenvalue weighted by atomic mass is 9.71. The molecule has 5 rings (SSSR count). The zero-order chi connectivity index (χ0) is 28.4. The van der Waals surface area contributed by atoms with Crippen LogP contribution in [0.15, 0.2) is 18.2 Å². The summed E-state index contributed by atoms with van der Waals surface area (Å²) in [5.74, 6) is -2.58. The molecule has 1 aliphatic heterocycles. The largest absolute Gasteiger partial charge is 0.507 e. The first-order chi connectivity index (χ1) is 18.4. The van der Waals surface area contributed by atoms with Gasteiger partial charge in [-0.2, -0.15) is 0 Å². The molecule has 3 aliphatic rings. The number of aliphatic hydroxyl groups is 3. The van der Waals surface area contributed by atoms with E-state index in [9.17, 15) is 35.1 Å². The Morgan fingerprint density at radius 1 is 1.18 bits per heavy atom. The van der Waals surface area contributed by atoms with E-state index < -0.39 is 89.2 Å². The molecule has 2 aromatic rings. The number of carbonyl (C=O) groups is 2. The van der Waals surface area contributed by atoms with E-state index in [2.05, 4.69) is 5.73 Å². The number of ketones is 2. The second-order valence-electron chi connectivity index (χ2n) is 10.3. The average molecular weight is 544 g/mol. The highest BCUT2D eigenvalue weighted by atomic mass is 16.7. The van der Waals surface area contributed by atoms with Crippen molar-refractivity contribution in [1.82, 2.24) is 0 Å². The minimum atomic E-state index is -2.00. The monoisotopic (exact) mass is 543 g/mol. The van der Waals surface area contributed by atoms with Crippen molar-refractivity contribution < 1.29 is 55.1 Å². The summed E-state index contributed by atoms with van der Waals surface area (Å²) in [5, 5.41) is 62.3. The molecule has 6 atom stereocenters. The van der Waals surface area contributed by atoms with Crippen LogP contribution in [0.3, 0.4) is 0 Å². The molecule has 0 amide bonds. The third-order valence-electron chi connectivity index (χ3n) is 7.94. The van der Waals surface area contributed by atoms with Crippen LogP contribution in [0.4, 0.5) is 0 Å². The van der Waals surface area contributed by atoms with Gasteiger partial charge in [0, 0.05) is 29.5 Å². The fraction of sp³-hybridized carbons (Fsp3) is 0.444. The summed E-state index contributed by atoms with van der Waals surface area (Å²) in [6.45, 7) is 0.852. The van der Waals surface area contributed by atoms with Crippen LogP contribution >= 0.6 is 0 Å². The van der Waals surface area contributed by atoms with E-state index in [1.54, 1.807) is 6.92 Å². The third-order valence-corrected chi connectivity index (χ3v) is 7.94. The Kier molecular flexibility index (Phi) is 6.74. The van der Waals surface area contributed by atoms with Crippen molar-refractivity contribution in [2.75, 3.05) is 13.7 Å². The number of methoxy groups -OCH3 is 1. The summed E-state index contributed by atoms with van der Waals surface area (Å²) in [6, 6.07) is 3.98. The topological polar surface area (TPSA) is 214 Å². The highest BCUT2D eigenvalue weighted by Gasteiger charge is 2.49. The van der Waals surface area contributed by atoms with Gasteiger partial charge in [-0.05, 0) is 13.0 Å². The summed E-state index contributed by atoms with van der Waals surface area (Å²) in [5.41, 5.74) is 0.397. The smallest absolute Gasteiger partial charge is 0.202 e. The van der Waals surface area contributed by atoms with E-state index in [0.29, 0.717) is 0 Å². The van der Waals surface area contributed by atoms with Crippen molar-refractivity contribution in [3.8, 4) is 17.2 Å². The minimum Gasteiger partial charge on any atom is -0.507 e. The predicted molar refractivity (Wildman–Crippen MR) is 133 cm³/mol. The van der Waals surface area contributed by atoms with Gasteiger partial charge in [0.05, 0.1) is 54.7 Å². The van der Waals surface area contributed by atoms with E-state index >= 15 is 0 Å². The molecule has 0 spiro atoms. The number of ether oxygens (including phenoxy) is 3. The normalized spacial score (nSPS) is 29.8. The summed E-state index contributed by atoms with van der Waals surface area (Å²) in [4.78, 5) is 27.2. The number of carbonyl (C=O) groups excluding carboxylic acids is 2. The van der Waals surface area contributed by atoms with Gasteiger partial charge in [0.15, 0.2) is 12.1 Å². The van der Waals surface area contributed by atoms with Crippen LogP contribution in [0.25, 0.3) is 0 Å². The van der Waals surface area contributed by atoms with Crippen LogP contribution in [0.5, 0.6) is 17.2 Å². The second-order valence-corrected chi connectivity index (χ2v) is 10.3. The summed E-state index contributed by atoms with van der Waals surface area (Å²) in [6.07, 6.45) is -4.27. The van der Waals surface area contributed by atoms with Gasteiger partial charge in [0.2, 0.25) is 5.78 Å². The van der Waals surface area contributed by atoms with Crippen LogP contribution in [0, 0.1) is 5.41 Å². The molecule has 2 aromatic carbocycles. The first-order valence-electron chi connectivity index (χ1n) is 12.5. The molecule has 208 valence electrons. The maximum absolute atomic E-state index is 13.7. The maximum Gasteiger partial charge on any atom is 0.202 e. The Bertz CT molecular complexity index is 1380. The number of nitrogens with one attached hydrogen (secondary N) is 1. The molecule has 1 fully saturated rings. The fourth-order valence-electron chi connectivity index (χ4n) is 5.83. The minimum absolute atomic E-state index is 0.0203. The van der Waals surface area contributed by atoms with Gasteiger partial charge >= 0.3 is 0 Å². The van der Waals surface area contributed by atoms with Gasteiger partial charge in [-0.3, -0.25) is 9.59 Å². The van der Waals surface area contributed by atoms with Crippen molar-refractivity contribution in [2.24, 2.45) is 0 Å². The molecular weight excluding hydrogens is 512 g/mol. The SMILES string of the molecule is COc1cccc2c1C(=O)c1c(O)c3c(c(O)c1C2=O)CC(O)(C(=N)CO)CC3OC1CC([NH3+])C(O)C(C)O1. The lowest BCUT2D eigenvalue weighted by molar-refractivity contribution is -0.466. The molecule has 12 nitrogen and oxygen atoms in total. The fourth-order valence-corrected chi connectivity index (χ4v) is 5.83. The summed E-state index contributed by atoms with van der Waals surface area (Å²) < 4.78 is 17.2. The first kappa shape index (κ1) is 27.2. The van der Waals surface area contributed by atoms with Crippen molar-refractivity contribution in [1.29, 1.82) is 5.41 Å². The number of aliphatic hydroxyl groups excluding tert-OH is 2. The maximum atomic E-state index is 13.7. The molecular formula is C27H31N2O10+. The Morgan fingerprint density at radius 2 is 1.87 bits per heavy atom. The molecule has 0 saturated carbocycles. The van der Waals surface area contributed by atoms with Crippen molar-refractivity contribution in [2.45, 2.75) is 62.4 Å². The second kappa shape index (κ2) is 9.66. The predicted octanol–water partition coefficient (Wildman–Crippen LogP) is -0.265. The molecule has 9 N–H and O–H groups in total. The Labute approximate surface area is 223 Å². The zero-order valence-electron chi connectivity index (χ0n) is 21.4. The Balaban J connectivity index is 1.69. The van der Waals surface area contributed by atoms with Crippen LogP contribution in [0.1, 0.15) is 68.8 Å². The van der Waals surface area contributed by atoms with E-state index in [1.165, 1.54) is 25.3 Å². The highest BCUT2D eigenvalue weighted by Crippen LogP contribution is 2.52. The van der Waals surface area contributed by atoms with Crippen molar-refractivity contribution in [3.05, 3.63) is 51.6 Å².